The molecule has 3 nitrogen and oxygen atoms in total. The van der Waals surface area contributed by atoms with Crippen LogP contribution in [0.4, 0.5) is 0 Å². The van der Waals surface area contributed by atoms with Crippen LogP contribution in [0.1, 0.15) is 25.3 Å². The van der Waals surface area contributed by atoms with Gasteiger partial charge in [0.2, 0.25) is 5.91 Å². The highest BCUT2D eigenvalue weighted by atomic mass is 16.3. The summed E-state index contributed by atoms with van der Waals surface area (Å²) in [4.78, 5) is 11.4. The molecule has 0 spiro atoms. The number of hydrogen-bond acceptors (Lipinski definition) is 2. The van der Waals surface area contributed by atoms with Crippen molar-refractivity contribution in [3.8, 4) is 0 Å². The van der Waals surface area contributed by atoms with E-state index in [0.717, 1.165) is 12.0 Å². The number of benzene rings is 1. The van der Waals surface area contributed by atoms with Crippen molar-refractivity contribution in [1.82, 2.24) is 5.32 Å². The molecule has 1 amide bonds. The lowest BCUT2D eigenvalue weighted by Crippen LogP contribution is -2.25. The fraction of sp³-hybridized carbons (Fsp3) is 0.357. The fourth-order valence-electron chi connectivity index (χ4n) is 1.36. The first-order valence-corrected chi connectivity index (χ1v) is 5.91. The maximum absolute atomic E-state index is 11.4. The molecule has 1 rings (SSSR count). The Balaban J connectivity index is 2.28. The summed E-state index contributed by atoms with van der Waals surface area (Å²) in [7, 11) is 0. The van der Waals surface area contributed by atoms with E-state index in [9.17, 15) is 9.90 Å². The Labute approximate surface area is 102 Å². The summed E-state index contributed by atoms with van der Waals surface area (Å²) in [5, 5.41) is 12.0. The molecule has 0 aromatic heterocycles. The molecular weight excluding hydrogens is 214 g/mol. The first kappa shape index (κ1) is 13.5. The van der Waals surface area contributed by atoms with Gasteiger partial charge in [0, 0.05) is 12.6 Å². The fourth-order valence-corrected chi connectivity index (χ4v) is 1.36. The predicted octanol–water partition coefficient (Wildman–Crippen LogP) is 1.98. The lowest BCUT2D eigenvalue weighted by Gasteiger charge is -2.07. The second-order valence-electron chi connectivity index (χ2n) is 3.89. The van der Waals surface area contributed by atoms with Crippen LogP contribution in [0.25, 0.3) is 6.08 Å². The van der Waals surface area contributed by atoms with Crippen LogP contribution in [0.15, 0.2) is 36.4 Å². The van der Waals surface area contributed by atoms with Crippen LogP contribution in [-0.2, 0) is 4.79 Å². The molecule has 1 unspecified atom stereocenters. The summed E-state index contributed by atoms with van der Waals surface area (Å²) in [6, 6.07) is 9.66. The van der Waals surface area contributed by atoms with Crippen molar-refractivity contribution in [1.29, 1.82) is 0 Å². The van der Waals surface area contributed by atoms with E-state index in [1.807, 2.05) is 37.3 Å². The van der Waals surface area contributed by atoms with E-state index in [2.05, 4.69) is 5.32 Å². The van der Waals surface area contributed by atoms with Gasteiger partial charge in [-0.15, -0.1) is 0 Å². The third kappa shape index (κ3) is 5.88. The van der Waals surface area contributed by atoms with Gasteiger partial charge in [-0.05, 0) is 24.5 Å². The second-order valence-corrected chi connectivity index (χ2v) is 3.89. The Bertz CT molecular complexity index is 360. The lowest BCUT2D eigenvalue weighted by molar-refractivity contribution is -0.116. The maximum atomic E-state index is 11.4. The van der Waals surface area contributed by atoms with Gasteiger partial charge < -0.3 is 10.4 Å². The van der Waals surface area contributed by atoms with Crippen molar-refractivity contribution in [2.75, 3.05) is 6.54 Å². The van der Waals surface area contributed by atoms with E-state index in [-0.39, 0.29) is 12.0 Å². The van der Waals surface area contributed by atoms with Gasteiger partial charge in [0.15, 0.2) is 0 Å². The van der Waals surface area contributed by atoms with Gasteiger partial charge >= 0.3 is 0 Å². The van der Waals surface area contributed by atoms with Crippen LogP contribution < -0.4 is 5.32 Å². The zero-order valence-corrected chi connectivity index (χ0v) is 10.1. The Morgan fingerprint density at radius 2 is 2.12 bits per heavy atom. The number of aliphatic hydroxyl groups excluding tert-OH is 1. The van der Waals surface area contributed by atoms with Gasteiger partial charge in [0.05, 0.1) is 6.10 Å². The highest BCUT2D eigenvalue weighted by Gasteiger charge is 2.00. The Morgan fingerprint density at radius 3 is 2.76 bits per heavy atom. The molecule has 0 bridgehead atoms. The first-order valence-electron chi connectivity index (χ1n) is 5.91. The van der Waals surface area contributed by atoms with E-state index in [1.165, 1.54) is 6.08 Å². The molecule has 1 atom stereocenters. The monoisotopic (exact) mass is 233 g/mol. The zero-order chi connectivity index (χ0) is 12.5. The number of rotatable bonds is 6. The van der Waals surface area contributed by atoms with Crippen molar-refractivity contribution in [3.05, 3.63) is 42.0 Å². The van der Waals surface area contributed by atoms with E-state index in [0.29, 0.717) is 13.0 Å². The minimum Gasteiger partial charge on any atom is -0.393 e. The van der Waals surface area contributed by atoms with E-state index in [4.69, 9.17) is 0 Å². The van der Waals surface area contributed by atoms with Gasteiger partial charge in [-0.3, -0.25) is 4.79 Å². The van der Waals surface area contributed by atoms with Crippen LogP contribution in [0.2, 0.25) is 0 Å². The average Bonchev–Trinajstić information content (AvgIpc) is 2.37. The molecule has 0 aliphatic heterocycles. The number of carbonyl (C=O) groups excluding carboxylic acids is 1. The van der Waals surface area contributed by atoms with Crippen LogP contribution in [0, 0.1) is 0 Å². The number of aliphatic hydroxyl groups is 1. The van der Waals surface area contributed by atoms with Gasteiger partial charge in [-0.2, -0.15) is 0 Å². The summed E-state index contributed by atoms with van der Waals surface area (Å²) in [6.07, 6.45) is 4.27. The third-order valence-corrected chi connectivity index (χ3v) is 2.47. The molecule has 0 saturated heterocycles. The predicted molar refractivity (Wildman–Crippen MR) is 69.4 cm³/mol. The molecular formula is C14H19NO2. The summed E-state index contributed by atoms with van der Waals surface area (Å²) >= 11 is 0. The van der Waals surface area contributed by atoms with Gasteiger partial charge in [0.1, 0.15) is 0 Å². The number of amides is 1. The zero-order valence-electron chi connectivity index (χ0n) is 10.1. The molecule has 92 valence electrons. The van der Waals surface area contributed by atoms with Crippen molar-refractivity contribution in [2.45, 2.75) is 25.9 Å². The highest BCUT2D eigenvalue weighted by Crippen LogP contribution is 2.00. The normalized spacial score (nSPS) is 12.6. The number of carbonyl (C=O) groups is 1. The van der Waals surface area contributed by atoms with Crippen LogP contribution in [0.5, 0.6) is 0 Å². The highest BCUT2D eigenvalue weighted by molar-refractivity contribution is 5.91. The molecule has 0 radical (unpaired) electrons. The molecule has 3 heteroatoms. The number of hydrogen-bond donors (Lipinski definition) is 2. The molecule has 1 aromatic carbocycles. The average molecular weight is 233 g/mol. The van der Waals surface area contributed by atoms with E-state index < -0.39 is 0 Å². The van der Waals surface area contributed by atoms with Crippen LogP contribution in [0.3, 0.4) is 0 Å². The SMILES string of the molecule is CCC(O)CCNC(=O)/C=C/c1ccccc1. The molecule has 17 heavy (non-hydrogen) atoms. The minimum atomic E-state index is -0.326. The van der Waals surface area contributed by atoms with Crippen LogP contribution in [-0.4, -0.2) is 23.7 Å². The molecule has 0 fully saturated rings. The second kappa shape index (κ2) is 7.63. The topological polar surface area (TPSA) is 49.3 Å². The quantitative estimate of drug-likeness (QED) is 0.738. The summed E-state index contributed by atoms with van der Waals surface area (Å²) in [6.45, 7) is 2.43. The summed E-state index contributed by atoms with van der Waals surface area (Å²) in [5.74, 6) is -0.128. The molecule has 0 aliphatic carbocycles. The van der Waals surface area contributed by atoms with Gasteiger partial charge in [0.25, 0.3) is 0 Å². The number of nitrogens with one attached hydrogen (secondary N) is 1. The maximum Gasteiger partial charge on any atom is 0.244 e. The molecule has 1 aromatic rings. The Morgan fingerprint density at radius 1 is 1.41 bits per heavy atom. The molecule has 0 heterocycles. The molecule has 0 saturated carbocycles. The van der Waals surface area contributed by atoms with Crippen molar-refractivity contribution >= 4 is 12.0 Å². The Hall–Kier alpha value is -1.61. The smallest absolute Gasteiger partial charge is 0.244 e. The van der Waals surface area contributed by atoms with Gasteiger partial charge in [-0.25, -0.2) is 0 Å². The van der Waals surface area contributed by atoms with E-state index in [1.54, 1.807) is 6.08 Å². The lowest BCUT2D eigenvalue weighted by atomic mass is 10.2. The first-order chi connectivity index (χ1) is 8.22. The summed E-state index contributed by atoms with van der Waals surface area (Å²) in [5.41, 5.74) is 0.997. The Kier molecular flexibility index (Phi) is 6.04. The van der Waals surface area contributed by atoms with E-state index >= 15 is 0 Å². The van der Waals surface area contributed by atoms with Crippen molar-refractivity contribution in [3.63, 3.8) is 0 Å². The van der Waals surface area contributed by atoms with Crippen LogP contribution >= 0.6 is 0 Å². The third-order valence-electron chi connectivity index (χ3n) is 2.47. The standard InChI is InChI=1S/C14H19NO2/c1-2-13(16)10-11-15-14(17)9-8-12-6-4-3-5-7-12/h3-9,13,16H,2,10-11H2,1H3,(H,15,17)/b9-8+. The molecule has 2 N–H and O–H groups in total. The van der Waals surface area contributed by atoms with Crippen molar-refractivity contribution < 1.29 is 9.90 Å². The van der Waals surface area contributed by atoms with Crippen molar-refractivity contribution in [2.24, 2.45) is 0 Å². The summed E-state index contributed by atoms with van der Waals surface area (Å²) < 4.78 is 0. The molecule has 0 aliphatic rings. The minimum absolute atomic E-state index is 0.128. The van der Waals surface area contributed by atoms with Gasteiger partial charge in [-0.1, -0.05) is 37.3 Å². The largest absolute Gasteiger partial charge is 0.393 e.